The maximum atomic E-state index is 12.0. The van der Waals surface area contributed by atoms with Gasteiger partial charge in [-0.2, -0.15) is 0 Å². The highest BCUT2D eigenvalue weighted by Gasteiger charge is 2.45. The SMILES string of the molecule is COC(=O)CC(=O)NCC1OC(n2cc(Cc3ccc(C4CC4)cc3)c3c(Cl)cccc32)C(O)C(O)C1O. The minimum atomic E-state index is -1.54. The third kappa shape index (κ3) is 5.43. The second-order valence-corrected chi connectivity index (χ2v) is 10.4. The number of aliphatic hydroxyl groups is 3. The van der Waals surface area contributed by atoms with Crippen molar-refractivity contribution in [3.63, 3.8) is 0 Å². The summed E-state index contributed by atoms with van der Waals surface area (Å²) in [5.74, 6) is -0.644. The third-order valence-electron chi connectivity index (χ3n) is 7.30. The number of hydrogen-bond donors (Lipinski definition) is 4. The van der Waals surface area contributed by atoms with E-state index in [-0.39, 0.29) is 6.54 Å². The summed E-state index contributed by atoms with van der Waals surface area (Å²) in [6.07, 6.45) is -2.13. The van der Waals surface area contributed by atoms with Gasteiger partial charge in [-0.15, -0.1) is 0 Å². The van der Waals surface area contributed by atoms with E-state index in [2.05, 4.69) is 34.3 Å². The number of nitrogens with zero attached hydrogens (tertiary/aromatic N) is 1. The van der Waals surface area contributed by atoms with Gasteiger partial charge in [0.1, 0.15) is 30.8 Å². The molecule has 2 heterocycles. The Hall–Kier alpha value is -2.95. The van der Waals surface area contributed by atoms with Crippen molar-refractivity contribution in [2.75, 3.05) is 13.7 Å². The largest absolute Gasteiger partial charge is 0.469 e. The molecule has 0 radical (unpaired) electrons. The normalized spacial score (nSPS) is 25.3. The van der Waals surface area contributed by atoms with Crippen LogP contribution in [0.5, 0.6) is 0 Å². The Kier molecular flexibility index (Phi) is 7.74. The molecule has 10 heteroatoms. The summed E-state index contributed by atoms with van der Waals surface area (Å²) in [5.41, 5.74) is 4.08. The fraction of sp³-hybridized carbons (Fsp3) is 0.429. The highest BCUT2D eigenvalue weighted by atomic mass is 35.5. The van der Waals surface area contributed by atoms with Gasteiger partial charge in [0.25, 0.3) is 0 Å². The fourth-order valence-corrected chi connectivity index (χ4v) is 5.34. The predicted molar refractivity (Wildman–Crippen MR) is 140 cm³/mol. The molecule has 0 bridgehead atoms. The summed E-state index contributed by atoms with van der Waals surface area (Å²) >= 11 is 6.62. The minimum absolute atomic E-state index is 0.183. The van der Waals surface area contributed by atoms with Gasteiger partial charge in [0.05, 0.1) is 17.6 Å². The molecule has 1 amide bonds. The number of aromatic nitrogens is 1. The molecular formula is C28H31ClN2O7. The Balaban J connectivity index is 1.41. The number of rotatable bonds is 8. The van der Waals surface area contributed by atoms with E-state index in [1.54, 1.807) is 16.7 Å². The van der Waals surface area contributed by atoms with Crippen molar-refractivity contribution in [1.82, 2.24) is 9.88 Å². The van der Waals surface area contributed by atoms with Gasteiger partial charge in [-0.1, -0.05) is 41.9 Å². The molecule has 2 aliphatic rings. The number of esters is 1. The zero-order valence-electron chi connectivity index (χ0n) is 20.9. The number of ether oxygens (including phenoxy) is 2. The van der Waals surface area contributed by atoms with E-state index in [9.17, 15) is 24.9 Å². The van der Waals surface area contributed by atoms with E-state index in [4.69, 9.17) is 16.3 Å². The topological polar surface area (TPSA) is 130 Å². The summed E-state index contributed by atoms with van der Waals surface area (Å²) in [6.45, 7) is -0.183. The molecule has 1 saturated heterocycles. The van der Waals surface area contributed by atoms with Crippen molar-refractivity contribution in [1.29, 1.82) is 0 Å². The van der Waals surface area contributed by atoms with Crippen molar-refractivity contribution in [2.24, 2.45) is 0 Å². The van der Waals surface area contributed by atoms with Crippen LogP contribution in [-0.4, -0.2) is 69.8 Å². The van der Waals surface area contributed by atoms with Crippen LogP contribution in [0.1, 0.15) is 48.1 Å². The molecule has 9 nitrogen and oxygen atoms in total. The molecule has 0 spiro atoms. The van der Waals surface area contributed by atoms with Crippen LogP contribution in [0, 0.1) is 0 Å². The van der Waals surface area contributed by atoms with Crippen molar-refractivity contribution < 1.29 is 34.4 Å². The number of hydrogen-bond acceptors (Lipinski definition) is 7. The zero-order valence-corrected chi connectivity index (χ0v) is 21.7. The quantitative estimate of drug-likeness (QED) is 0.254. The molecule has 5 unspecified atom stereocenters. The molecule has 3 aromatic rings. The lowest BCUT2D eigenvalue weighted by Gasteiger charge is -2.41. The fourth-order valence-electron chi connectivity index (χ4n) is 5.05. The smallest absolute Gasteiger partial charge is 0.315 e. The second-order valence-electron chi connectivity index (χ2n) is 9.98. The molecule has 1 saturated carbocycles. The van der Waals surface area contributed by atoms with Gasteiger partial charge in [0, 0.05) is 18.1 Å². The van der Waals surface area contributed by atoms with Crippen LogP contribution in [0.3, 0.4) is 0 Å². The molecule has 4 N–H and O–H groups in total. The van der Waals surface area contributed by atoms with E-state index in [1.165, 1.54) is 25.5 Å². The first-order chi connectivity index (χ1) is 18.3. The number of aliphatic hydroxyl groups excluding tert-OH is 3. The van der Waals surface area contributed by atoms with Crippen LogP contribution in [-0.2, 0) is 25.5 Å². The minimum Gasteiger partial charge on any atom is -0.469 e. The van der Waals surface area contributed by atoms with E-state index in [0.717, 1.165) is 16.5 Å². The Morgan fingerprint density at radius 1 is 1.08 bits per heavy atom. The van der Waals surface area contributed by atoms with E-state index in [0.29, 0.717) is 22.9 Å². The number of amides is 1. The first-order valence-electron chi connectivity index (χ1n) is 12.7. The summed E-state index contributed by atoms with van der Waals surface area (Å²) in [6, 6.07) is 14.0. The van der Waals surface area contributed by atoms with Gasteiger partial charge in [-0.05, 0) is 54.0 Å². The van der Waals surface area contributed by atoms with Crippen molar-refractivity contribution in [3.8, 4) is 0 Å². The summed E-state index contributed by atoms with van der Waals surface area (Å²) in [5, 5.41) is 35.9. The van der Waals surface area contributed by atoms with Gasteiger partial charge >= 0.3 is 5.97 Å². The van der Waals surface area contributed by atoms with Crippen LogP contribution in [0.4, 0.5) is 0 Å². The lowest BCUT2D eigenvalue weighted by atomic mass is 9.97. The van der Waals surface area contributed by atoms with E-state index < -0.39 is 48.9 Å². The van der Waals surface area contributed by atoms with Gasteiger partial charge < -0.3 is 34.7 Å². The van der Waals surface area contributed by atoms with E-state index in [1.807, 2.05) is 12.3 Å². The Morgan fingerprint density at radius 3 is 2.50 bits per heavy atom. The van der Waals surface area contributed by atoms with Gasteiger partial charge in [-0.25, -0.2) is 0 Å². The highest BCUT2D eigenvalue weighted by Crippen LogP contribution is 2.40. The predicted octanol–water partition coefficient (Wildman–Crippen LogP) is 2.42. The third-order valence-corrected chi connectivity index (χ3v) is 7.62. The molecule has 38 heavy (non-hydrogen) atoms. The lowest BCUT2D eigenvalue weighted by molar-refractivity contribution is -0.242. The van der Waals surface area contributed by atoms with Crippen LogP contribution >= 0.6 is 11.6 Å². The van der Waals surface area contributed by atoms with Gasteiger partial charge in [0.2, 0.25) is 5.91 Å². The van der Waals surface area contributed by atoms with Gasteiger partial charge in [0.15, 0.2) is 6.23 Å². The maximum Gasteiger partial charge on any atom is 0.315 e. The number of carbonyl (C=O) groups excluding carboxylic acids is 2. The average molecular weight is 543 g/mol. The molecular weight excluding hydrogens is 512 g/mol. The van der Waals surface area contributed by atoms with E-state index >= 15 is 0 Å². The maximum absolute atomic E-state index is 12.0. The van der Waals surface area contributed by atoms with Crippen molar-refractivity contribution in [2.45, 2.75) is 62.2 Å². The summed E-state index contributed by atoms with van der Waals surface area (Å²) in [4.78, 5) is 23.4. The molecule has 2 aromatic carbocycles. The Bertz CT molecular complexity index is 1320. The summed E-state index contributed by atoms with van der Waals surface area (Å²) < 4.78 is 12.2. The van der Waals surface area contributed by atoms with Crippen LogP contribution in [0.25, 0.3) is 10.9 Å². The number of fused-ring (bicyclic) bond motifs is 1. The second kappa shape index (κ2) is 11.0. The Morgan fingerprint density at radius 2 is 1.82 bits per heavy atom. The summed E-state index contributed by atoms with van der Waals surface area (Å²) in [7, 11) is 1.18. The Labute approximate surface area is 224 Å². The molecule has 1 aliphatic carbocycles. The molecule has 1 aromatic heterocycles. The molecule has 2 fully saturated rings. The molecule has 202 valence electrons. The number of halogens is 1. The van der Waals surface area contributed by atoms with Crippen molar-refractivity contribution in [3.05, 3.63) is 70.4 Å². The number of nitrogens with one attached hydrogen (secondary N) is 1. The zero-order chi connectivity index (χ0) is 27.0. The molecule has 1 aliphatic heterocycles. The first kappa shape index (κ1) is 26.6. The van der Waals surface area contributed by atoms with Crippen LogP contribution in [0.2, 0.25) is 5.02 Å². The van der Waals surface area contributed by atoms with Gasteiger partial charge in [-0.3, -0.25) is 9.59 Å². The standard InChI is InChI=1S/C28H31ClN2O7/c1-37-23(33)12-22(32)30-13-21-25(34)26(35)27(36)28(38-21)31-14-18(24-19(29)3-2-4-20(24)31)11-15-5-7-16(8-6-15)17-9-10-17/h2-8,14,17,21,25-28,34-36H,9-13H2,1H3,(H,30,32). The first-order valence-corrected chi connectivity index (χ1v) is 13.0. The van der Waals surface area contributed by atoms with Crippen LogP contribution < -0.4 is 5.32 Å². The highest BCUT2D eigenvalue weighted by molar-refractivity contribution is 6.35. The number of methoxy groups -OCH3 is 1. The molecule has 5 rings (SSSR count). The number of carbonyl (C=O) groups is 2. The van der Waals surface area contributed by atoms with Crippen LogP contribution in [0.15, 0.2) is 48.7 Å². The van der Waals surface area contributed by atoms with Crippen molar-refractivity contribution >= 4 is 34.4 Å². The monoisotopic (exact) mass is 542 g/mol. The lowest BCUT2D eigenvalue weighted by Crippen LogP contribution is -2.58. The molecule has 5 atom stereocenters. The average Bonchev–Trinajstić information content (AvgIpc) is 3.70. The number of benzene rings is 2.